The number of halogens is 1. The molecule has 0 saturated carbocycles. The number of carbonyl (C=O) groups is 2. The van der Waals surface area contributed by atoms with Crippen molar-refractivity contribution in [2.75, 3.05) is 0 Å². The van der Waals surface area contributed by atoms with Gasteiger partial charge in [-0.25, -0.2) is 9.59 Å². The first-order valence-corrected chi connectivity index (χ1v) is 6.83. The summed E-state index contributed by atoms with van der Waals surface area (Å²) in [5.41, 5.74) is 0.850. The molecule has 2 amide bonds. The highest BCUT2D eigenvalue weighted by Gasteiger charge is 2.24. The lowest BCUT2D eigenvalue weighted by Gasteiger charge is -2.20. The lowest BCUT2D eigenvalue weighted by atomic mass is 9.99. The van der Waals surface area contributed by atoms with E-state index < -0.39 is 18.0 Å². The van der Waals surface area contributed by atoms with E-state index >= 15 is 0 Å². The number of urea groups is 1. The van der Waals surface area contributed by atoms with Gasteiger partial charge in [0.25, 0.3) is 0 Å². The molecule has 6 heteroatoms. The van der Waals surface area contributed by atoms with Crippen LogP contribution < -0.4 is 10.6 Å². The number of hydrogen-bond acceptors (Lipinski definition) is 2. The van der Waals surface area contributed by atoms with Crippen LogP contribution in [0.3, 0.4) is 0 Å². The topological polar surface area (TPSA) is 78.4 Å². The number of carbonyl (C=O) groups excluding carboxylic acids is 1. The van der Waals surface area contributed by atoms with Gasteiger partial charge >= 0.3 is 12.0 Å². The van der Waals surface area contributed by atoms with E-state index in [2.05, 4.69) is 10.6 Å². The van der Waals surface area contributed by atoms with Gasteiger partial charge in [0.1, 0.15) is 6.04 Å². The van der Waals surface area contributed by atoms with Gasteiger partial charge in [-0.05, 0) is 23.6 Å². The second-order valence-corrected chi connectivity index (χ2v) is 5.09. The second kappa shape index (κ2) is 7.75. The zero-order chi connectivity index (χ0) is 15.1. The molecule has 20 heavy (non-hydrogen) atoms. The van der Waals surface area contributed by atoms with Gasteiger partial charge < -0.3 is 15.7 Å². The number of hydrogen-bond donors (Lipinski definition) is 3. The number of amides is 2. The number of carboxylic acid groups (broad SMARTS) is 1. The van der Waals surface area contributed by atoms with Crippen molar-refractivity contribution in [1.82, 2.24) is 10.6 Å². The highest BCUT2D eigenvalue weighted by molar-refractivity contribution is 6.30. The van der Waals surface area contributed by atoms with Crippen LogP contribution in [0.5, 0.6) is 0 Å². The van der Waals surface area contributed by atoms with Gasteiger partial charge in [-0.1, -0.05) is 44.0 Å². The normalized spacial score (nSPS) is 13.3. The molecule has 110 valence electrons. The maximum atomic E-state index is 11.7. The number of aliphatic carboxylic acids is 1. The highest BCUT2D eigenvalue weighted by Crippen LogP contribution is 2.10. The Labute approximate surface area is 123 Å². The van der Waals surface area contributed by atoms with Crippen molar-refractivity contribution < 1.29 is 14.7 Å². The van der Waals surface area contributed by atoms with E-state index in [0.717, 1.165) is 5.56 Å². The van der Waals surface area contributed by atoms with Crippen LogP contribution in [0.2, 0.25) is 5.02 Å². The minimum atomic E-state index is -1.03. The molecule has 0 saturated heterocycles. The summed E-state index contributed by atoms with van der Waals surface area (Å²) in [6.07, 6.45) is 0.672. The molecule has 0 aliphatic rings. The highest BCUT2D eigenvalue weighted by atomic mass is 35.5. The fourth-order valence-corrected chi connectivity index (χ4v) is 1.92. The van der Waals surface area contributed by atoms with Crippen molar-refractivity contribution >= 4 is 23.6 Å². The predicted octanol–water partition coefficient (Wildman–Crippen LogP) is 2.64. The first kappa shape index (κ1) is 16.3. The molecule has 0 spiro atoms. The third kappa shape index (κ3) is 5.09. The van der Waals surface area contributed by atoms with Crippen molar-refractivity contribution in [3.8, 4) is 0 Å². The number of rotatable bonds is 6. The summed E-state index contributed by atoms with van der Waals surface area (Å²) >= 11 is 5.84. The SMILES string of the molecule is CCC(C)[C@H](NC(=O)NCc1cccc(Cl)c1)C(=O)O. The predicted molar refractivity (Wildman–Crippen MR) is 77.7 cm³/mol. The summed E-state index contributed by atoms with van der Waals surface area (Å²) in [7, 11) is 0. The van der Waals surface area contributed by atoms with Crippen molar-refractivity contribution in [2.24, 2.45) is 5.92 Å². The summed E-state index contributed by atoms with van der Waals surface area (Å²) in [5.74, 6) is -1.17. The van der Waals surface area contributed by atoms with Crippen LogP contribution in [-0.4, -0.2) is 23.1 Å². The van der Waals surface area contributed by atoms with E-state index in [4.69, 9.17) is 16.7 Å². The largest absolute Gasteiger partial charge is 0.480 e. The Kier molecular flexibility index (Phi) is 6.31. The van der Waals surface area contributed by atoms with Crippen molar-refractivity contribution in [1.29, 1.82) is 0 Å². The average molecular weight is 299 g/mol. The van der Waals surface area contributed by atoms with Gasteiger partial charge in [0.05, 0.1) is 0 Å². The molecule has 1 rings (SSSR count). The number of benzene rings is 1. The maximum absolute atomic E-state index is 11.7. The molecule has 3 N–H and O–H groups in total. The third-order valence-corrected chi connectivity index (χ3v) is 3.34. The minimum Gasteiger partial charge on any atom is -0.480 e. The summed E-state index contributed by atoms with van der Waals surface area (Å²) in [6, 6.07) is 5.71. The molecular weight excluding hydrogens is 280 g/mol. The Morgan fingerprint density at radius 1 is 1.40 bits per heavy atom. The molecule has 1 unspecified atom stereocenters. The van der Waals surface area contributed by atoms with E-state index in [0.29, 0.717) is 18.0 Å². The van der Waals surface area contributed by atoms with Crippen molar-refractivity contribution in [3.05, 3.63) is 34.9 Å². The Hall–Kier alpha value is -1.75. The molecule has 0 aliphatic heterocycles. The quantitative estimate of drug-likeness (QED) is 0.755. The van der Waals surface area contributed by atoms with Gasteiger partial charge in [0.15, 0.2) is 0 Å². The monoisotopic (exact) mass is 298 g/mol. The maximum Gasteiger partial charge on any atom is 0.326 e. The molecule has 0 heterocycles. The standard InChI is InChI=1S/C14H19ClN2O3/c1-3-9(2)12(13(18)19)17-14(20)16-8-10-5-4-6-11(15)7-10/h4-7,9,12H,3,8H2,1-2H3,(H,18,19)(H2,16,17,20)/t9?,12-/m0/s1. The smallest absolute Gasteiger partial charge is 0.326 e. The van der Waals surface area contributed by atoms with Crippen molar-refractivity contribution in [2.45, 2.75) is 32.9 Å². The molecule has 1 aromatic carbocycles. The summed E-state index contributed by atoms with van der Waals surface area (Å²) in [4.78, 5) is 22.8. The summed E-state index contributed by atoms with van der Waals surface area (Å²) in [5, 5.41) is 14.8. The van der Waals surface area contributed by atoms with E-state index in [9.17, 15) is 9.59 Å². The molecule has 5 nitrogen and oxygen atoms in total. The van der Waals surface area contributed by atoms with Crippen LogP contribution >= 0.6 is 11.6 Å². The molecule has 0 bridgehead atoms. The molecular formula is C14H19ClN2O3. The van der Waals surface area contributed by atoms with Crippen LogP contribution in [0.15, 0.2) is 24.3 Å². The lowest BCUT2D eigenvalue weighted by Crippen LogP contribution is -2.48. The molecule has 0 radical (unpaired) electrons. The zero-order valence-electron chi connectivity index (χ0n) is 11.5. The number of carboxylic acids is 1. The average Bonchev–Trinajstić information content (AvgIpc) is 2.41. The zero-order valence-corrected chi connectivity index (χ0v) is 12.3. The van der Waals surface area contributed by atoms with Gasteiger partial charge in [-0.2, -0.15) is 0 Å². The molecule has 1 aromatic rings. The fourth-order valence-electron chi connectivity index (χ4n) is 1.70. The van der Waals surface area contributed by atoms with E-state index in [1.165, 1.54) is 0 Å². The van der Waals surface area contributed by atoms with Crippen LogP contribution in [0.1, 0.15) is 25.8 Å². The fraction of sp³-hybridized carbons (Fsp3) is 0.429. The van der Waals surface area contributed by atoms with Crippen molar-refractivity contribution in [3.63, 3.8) is 0 Å². The molecule has 2 atom stereocenters. The van der Waals surface area contributed by atoms with Crippen LogP contribution in [-0.2, 0) is 11.3 Å². The second-order valence-electron chi connectivity index (χ2n) is 4.66. The minimum absolute atomic E-state index is 0.135. The summed E-state index contributed by atoms with van der Waals surface area (Å²) < 4.78 is 0. The number of nitrogens with one attached hydrogen (secondary N) is 2. The Bertz CT molecular complexity index is 479. The molecule has 0 fully saturated rings. The first-order valence-electron chi connectivity index (χ1n) is 6.45. The van der Waals surface area contributed by atoms with Gasteiger partial charge in [0, 0.05) is 11.6 Å². The third-order valence-electron chi connectivity index (χ3n) is 3.11. The Balaban J connectivity index is 2.52. The molecule has 0 aromatic heterocycles. The van der Waals surface area contributed by atoms with E-state index in [-0.39, 0.29) is 5.92 Å². The van der Waals surface area contributed by atoms with Crippen LogP contribution in [0.25, 0.3) is 0 Å². The summed E-state index contributed by atoms with van der Waals surface area (Å²) in [6.45, 7) is 3.96. The Morgan fingerprint density at radius 2 is 2.10 bits per heavy atom. The Morgan fingerprint density at radius 3 is 2.65 bits per heavy atom. The lowest BCUT2D eigenvalue weighted by molar-refractivity contribution is -0.140. The van der Waals surface area contributed by atoms with Gasteiger partial charge in [-0.3, -0.25) is 0 Å². The van der Waals surface area contributed by atoms with Gasteiger partial charge in [-0.15, -0.1) is 0 Å². The van der Waals surface area contributed by atoms with E-state index in [1.807, 2.05) is 13.0 Å². The molecule has 0 aliphatic carbocycles. The van der Waals surface area contributed by atoms with E-state index in [1.54, 1.807) is 25.1 Å². The van der Waals surface area contributed by atoms with Gasteiger partial charge in [0.2, 0.25) is 0 Å². The van der Waals surface area contributed by atoms with Crippen LogP contribution in [0, 0.1) is 5.92 Å². The van der Waals surface area contributed by atoms with Crippen LogP contribution in [0.4, 0.5) is 4.79 Å². The first-order chi connectivity index (χ1) is 9.43.